The van der Waals surface area contributed by atoms with E-state index >= 15 is 0 Å². The Kier molecular flexibility index (Phi) is 3.92. The first-order valence-electron chi connectivity index (χ1n) is 7.20. The van der Waals surface area contributed by atoms with Gasteiger partial charge in [0.1, 0.15) is 11.4 Å². The fourth-order valence-corrected chi connectivity index (χ4v) is 2.55. The molecule has 5 nitrogen and oxygen atoms in total. The second-order valence-corrected chi connectivity index (χ2v) is 5.42. The van der Waals surface area contributed by atoms with Crippen LogP contribution in [0.1, 0.15) is 15.9 Å². The molecule has 1 amide bonds. The Bertz CT molecular complexity index is 837. The molecule has 3 rings (SSSR count). The molecule has 0 aromatic heterocycles. The molecule has 1 unspecified atom stereocenters. The van der Waals surface area contributed by atoms with Gasteiger partial charge in [-0.2, -0.15) is 13.2 Å². The number of hydrogen-bond acceptors (Lipinski definition) is 4. The van der Waals surface area contributed by atoms with Gasteiger partial charge in [-0.25, -0.2) is 5.01 Å². The van der Waals surface area contributed by atoms with Crippen molar-refractivity contribution in [2.75, 3.05) is 0 Å². The molecule has 25 heavy (non-hydrogen) atoms. The lowest BCUT2D eigenvalue weighted by atomic mass is 10.00. The van der Waals surface area contributed by atoms with Gasteiger partial charge in [0.2, 0.25) is 5.72 Å². The van der Waals surface area contributed by atoms with E-state index in [0.717, 1.165) is 0 Å². The standard InChI is InChI=1S/C17H13F3N2O3/c18-17(19,20)14-10-16(25,12-8-4-5-9-13(12)23)22(21-14)15(24)11-6-2-1-3-7-11/h1-10,21,23,25H. The average Bonchev–Trinajstić information content (AvgIpc) is 2.94. The van der Waals surface area contributed by atoms with Crippen molar-refractivity contribution < 1.29 is 28.2 Å². The highest BCUT2D eigenvalue weighted by Crippen LogP contribution is 2.41. The Balaban J connectivity index is 2.11. The highest BCUT2D eigenvalue weighted by Gasteiger charge is 2.51. The van der Waals surface area contributed by atoms with Gasteiger partial charge in [0.05, 0.1) is 5.56 Å². The molecule has 2 aromatic rings. The van der Waals surface area contributed by atoms with Crippen molar-refractivity contribution in [3.05, 3.63) is 77.5 Å². The lowest BCUT2D eigenvalue weighted by molar-refractivity contribution is -0.104. The molecular formula is C17H13F3N2O3. The zero-order valence-corrected chi connectivity index (χ0v) is 12.7. The maximum Gasteiger partial charge on any atom is 0.432 e. The van der Waals surface area contributed by atoms with Crippen LogP contribution >= 0.6 is 0 Å². The summed E-state index contributed by atoms with van der Waals surface area (Å²) in [4.78, 5) is 12.6. The van der Waals surface area contributed by atoms with Crippen LogP contribution in [0.3, 0.4) is 0 Å². The number of nitrogens with zero attached hydrogens (tertiary/aromatic N) is 1. The predicted octanol–water partition coefficient (Wildman–Crippen LogP) is 2.64. The van der Waals surface area contributed by atoms with Crippen molar-refractivity contribution in [1.82, 2.24) is 10.4 Å². The minimum Gasteiger partial charge on any atom is -0.507 e. The van der Waals surface area contributed by atoms with Gasteiger partial charge in [0, 0.05) is 11.6 Å². The summed E-state index contributed by atoms with van der Waals surface area (Å²) in [6.07, 6.45) is -4.35. The third-order valence-electron chi connectivity index (χ3n) is 3.75. The van der Waals surface area contributed by atoms with Gasteiger partial charge in [-0.1, -0.05) is 36.4 Å². The van der Waals surface area contributed by atoms with Crippen LogP contribution in [0.4, 0.5) is 13.2 Å². The lowest BCUT2D eigenvalue weighted by Gasteiger charge is -2.33. The minimum absolute atomic E-state index is 0.0701. The van der Waals surface area contributed by atoms with Crippen LogP contribution in [0.2, 0.25) is 0 Å². The zero-order chi connectivity index (χ0) is 18.2. The predicted molar refractivity (Wildman–Crippen MR) is 81.9 cm³/mol. The summed E-state index contributed by atoms with van der Waals surface area (Å²) in [5.74, 6) is -1.33. The number of allylic oxidation sites excluding steroid dienone is 1. The molecule has 1 atom stereocenters. The average molecular weight is 350 g/mol. The van der Waals surface area contributed by atoms with Gasteiger partial charge in [0.15, 0.2) is 0 Å². The number of para-hydroxylation sites is 1. The minimum atomic E-state index is -4.82. The molecule has 0 fully saturated rings. The van der Waals surface area contributed by atoms with E-state index in [1.807, 2.05) is 5.43 Å². The highest BCUT2D eigenvalue weighted by atomic mass is 19.4. The molecule has 130 valence electrons. The molecule has 1 aliphatic rings. The summed E-state index contributed by atoms with van der Waals surface area (Å²) in [5.41, 5.74) is -2.10. The van der Waals surface area contributed by atoms with Crippen LogP contribution in [0.5, 0.6) is 5.75 Å². The van der Waals surface area contributed by atoms with Crippen molar-refractivity contribution in [2.24, 2.45) is 0 Å². The normalized spacial score (nSPS) is 20.2. The number of aromatic hydroxyl groups is 1. The van der Waals surface area contributed by atoms with E-state index in [1.165, 1.54) is 36.4 Å². The number of rotatable bonds is 2. The molecule has 0 saturated heterocycles. The topological polar surface area (TPSA) is 72.8 Å². The van der Waals surface area contributed by atoms with E-state index in [1.54, 1.807) is 18.2 Å². The van der Waals surface area contributed by atoms with E-state index in [2.05, 4.69) is 0 Å². The van der Waals surface area contributed by atoms with Crippen molar-refractivity contribution in [2.45, 2.75) is 11.9 Å². The van der Waals surface area contributed by atoms with Crippen molar-refractivity contribution >= 4 is 5.91 Å². The maximum atomic E-state index is 13.1. The van der Waals surface area contributed by atoms with Gasteiger partial charge in [-0.3, -0.25) is 10.2 Å². The van der Waals surface area contributed by atoms with E-state index < -0.39 is 29.3 Å². The first-order valence-corrected chi connectivity index (χ1v) is 7.20. The van der Waals surface area contributed by atoms with Crippen molar-refractivity contribution in [3.63, 3.8) is 0 Å². The number of benzene rings is 2. The Morgan fingerprint density at radius 2 is 1.64 bits per heavy atom. The fraction of sp³-hybridized carbons (Fsp3) is 0.118. The third kappa shape index (κ3) is 2.91. The van der Waals surface area contributed by atoms with Gasteiger partial charge in [-0.05, 0) is 18.2 Å². The number of carbonyl (C=O) groups is 1. The molecule has 0 radical (unpaired) electrons. The number of phenolic OH excluding ortho intramolecular Hbond substituents is 1. The number of phenols is 1. The lowest BCUT2D eigenvalue weighted by Crippen LogP contribution is -2.51. The number of aliphatic hydroxyl groups is 1. The Morgan fingerprint density at radius 1 is 1.04 bits per heavy atom. The molecule has 3 N–H and O–H groups in total. The molecule has 1 heterocycles. The first kappa shape index (κ1) is 16.8. The van der Waals surface area contributed by atoms with Crippen LogP contribution in [0.15, 0.2) is 66.4 Å². The highest BCUT2D eigenvalue weighted by molar-refractivity contribution is 5.95. The second kappa shape index (κ2) is 5.82. The monoisotopic (exact) mass is 350 g/mol. The summed E-state index contributed by atoms with van der Waals surface area (Å²) >= 11 is 0. The van der Waals surface area contributed by atoms with Gasteiger partial charge < -0.3 is 10.2 Å². The zero-order valence-electron chi connectivity index (χ0n) is 12.7. The number of hydrazine groups is 1. The summed E-state index contributed by atoms with van der Waals surface area (Å²) < 4.78 is 39.4. The number of carbonyl (C=O) groups excluding carboxylic acids is 1. The molecule has 0 saturated carbocycles. The number of nitrogens with one attached hydrogen (secondary N) is 1. The quantitative estimate of drug-likeness (QED) is 0.779. The second-order valence-electron chi connectivity index (χ2n) is 5.42. The van der Waals surface area contributed by atoms with Crippen LogP contribution < -0.4 is 5.43 Å². The van der Waals surface area contributed by atoms with E-state index in [9.17, 15) is 28.2 Å². The van der Waals surface area contributed by atoms with Gasteiger partial charge in [-0.15, -0.1) is 0 Å². The van der Waals surface area contributed by atoms with Crippen LogP contribution in [0, 0.1) is 0 Å². The van der Waals surface area contributed by atoms with Gasteiger partial charge in [0.25, 0.3) is 5.91 Å². The van der Waals surface area contributed by atoms with Crippen LogP contribution in [0.25, 0.3) is 0 Å². The summed E-state index contributed by atoms with van der Waals surface area (Å²) in [5, 5.41) is 21.3. The summed E-state index contributed by atoms with van der Waals surface area (Å²) in [7, 11) is 0. The van der Waals surface area contributed by atoms with E-state index in [-0.39, 0.29) is 11.1 Å². The molecule has 0 spiro atoms. The molecule has 0 aliphatic carbocycles. The molecule has 8 heteroatoms. The van der Waals surface area contributed by atoms with Gasteiger partial charge >= 0.3 is 6.18 Å². The number of amides is 1. The summed E-state index contributed by atoms with van der Waals surface area (Å²) in [6, 6.07) is 12.8. The molecular weight excluding hydrogens is 337 g/mol. The van der Waals surface area contributed by atoms with E-state index in [4.69, 9.17) is 0 Å². The third-order valence-corrected chi connectivity index (χ3v) is 3.75. The Morgan fingerprint density at radius 3 is 2.24 bits per heavy atom. The largest absolute Gasteiger partial charge is 0.507 e. The Hall–Kier alpha value is -3.00. The van der Waals surface area contributed by atoms with Crippen LogP contribution in [-0.4, -0.2) is 27.3 Å². The maximum absolute atomic E-state index is 13.1. The number of alkyl halides is 3. The van der Waals surface area contributed by atoms with Crippen LogP contribution in [-0.2, 0) is 5.72 Å². The summed E-state index contributed by atoms with van der Waals surface area (Å²) in [6.45, 7) is 0. The SMILES string of the molecule is O=C(c1ccccc1)N1NC(C(F)(F)F)=CC1(O)c1ccccc1O. The number of halogens is 3. The molecule has 1 aliphatic heterocycles. The van der Waals surface area contributed by atoms with Crippen molar-refractivity contribution in [1.29, 1.82) is 0 Å². The Labute approximate surface area is 140 Å². The first-order chi connectivity index (χ1) is 11.7. The smallest absolute Gasteiger partial charge is 0.432 e. The molecule has 0 bridgehead atoms. The number of hydrogen-bond donors (Lipinski definition) is 3. The molecule has 2 aromatic carbocycles. The fourth-order valence-electron chi connectivity index (χ4n) is 2.55. The van der Waals surface area contributed by atoms with Crippen molar-refractivity contribution in [3.8, 4) is 5.75 Å². The van der Waals surface area contributed by atoms with E-state index in [0.29, 0.717) is 11.1 Å².